The van der Waals surface area contributed by atoms with Crippen molar-refractivity contribution in [3.8, 4) is 11.4 Å². The van der Waals surface area contributed by atoms with Gasteiger partial charge in [-0.15, -0.1) is 0 Å². The minimum Gasteiger partial charge on any atom is -0.322 e. The summed E-state index contributed by atoms with van der Waals surface area (Å²) < 4.78 is 0. The Labute approximate surface area is 141 Å². The molecule has 0 aliphatic rings. The van der Waals surface area contributed by atoms with Gasteiger partial charge in [0.1, 0.15) is 0 Å². The number of aryl methyl sites for hydroxylation is 3. The third kappa shape index (κ3) is 3.33. The van der Waals surface area contributed by atoms with Crippen molar-refractivity contribution in [3.63, 3.8) is 0 Å². The van der Waals surface area contributed by atoms with Crippen molar-refractivity contribution in [2.24, 2.45) is 0 Å². The summed E-state index contributed by atoms with van der Waals surface area (Å²) in [6.07, 6.45) is 1.59. The van der Waals surface area contributed by atoms with Crippen LogP contribution in [0.5, 0.6) is 0 Å². The first-order valence-corrected chi connectivity index (χ1v) is 7.82. The van der Waals surface area contributed by atoms with Crippen molar-refractivity contribution in [2.45, 2.75) is 20.8 Å². The quantitative estimate of drug-likeness (QED) is 0.782. The molecule has 0 saturated heterocycles. The van der Waals surface area contributed by atoms with Gasteiger partial charge in [0, 0.05) is 17.4 Å². The predicted octanol–water partition coefficient (Wildman–Crippen LogP) is 4.32. The average molecular weight is 317 g/mol. The zero-order chi connectivity index (χ0) is 17.1. The minimum absolute atomic E-state index is 0.194. The van der Waals surface area contributed by atoms with Crippen molar-refractivity contribution in [1.82, 2.24) is 9.97 Å². The van der Waals surface area contributed by atoms with Gasteiger partial charge >= 0.3 is 0 Å². The largest absolute Gasteiger partial charge is 0.322 e. The van der Waals surface area contributed by atoms with Gasteiger partial charge in [0.2, 0.25) is 0 Å². The van der Waals surface area contributed by atoms with E-state index >= 15 is 0 Å². The Balaban J connectivity index is 1.87. The average Bonchev–Trinajstić information content (AvgIpc) is 2.58. The molecule has 0 fully saturated rings. The fraction of sp³-hybridized carbons (Fsp3) is 0.150. The van der Waals surface area contributed by atoms with E-state index in [2.05, 4.69) is 15.3 Å². The Morgan fingerprint density at radius 3 is 2.46 bits per heavy atom. The molecule has 120 valence electrons. The standard InChI is InChI=1S/C20H19N3O/c1-13-9-10-14(2)18(11-13)23-20(24)17-12-21-19(22-15(17)3)16-7-5-4-6-8-16/h4-12H,1-3H3,(H,23,24). The number of rotatable bonds is 3. The predicted molar refractivity (Wildman–Crippen MR) is 96.1 cm³/mol. The maximum Gasteiger partial charge on any atom is 0.259 e. The molecule has 1 aromatic heterocycles. The number of anilines is 1. The Kier molecular flexibility index (Phi) is 4.38. The minimum atomic E-state index is -0.194. The van der Waals surface area contributed by atoms with Gasteiger partial charge in [0.05, 0.1) is 11.3 Å². The molecule has 2 aromatic carbocycles. The highest BCUT2D eigenvalue weighted by Gasteiger charge is 2.13. The van der Waals surface area contributed by atoms with Crippen LogP contribution in [0, 0.1) is 20.8 Å². The second-order valence-corrected chi connectivity index (χ2v) is 5.83. The van der Waals surface area contributed by atoms with Gasteiger partial charge in [-0.05, 0) is 38.0 Å². The van der Waals surface area contributed by atoms with Crippen LogP contribution in [-0.4, -0.2) is 15.9 Å². The van der Waals surface area contributed by atoms with Crippen molar-refractivity contribution in [3.05, 3.63) is 77.1 Å². The molecule has 1 amide bonds. The highest BCUT2D eigenvalue weighted by Crippen LogP contribution is 2.19. The molecule has 1 N–H and O–H groups in total. The van der Waals surface area contributed by atoms with Crippen molar-refractivity contribution < 1.29 is 4.79 Å². The number of carbonyl (C=O) groups is 1. The summed E-state index contributed by atoms with van der Waals surface area (Å²) >= 11 is 0. The molecule has 1 heterocycles. The molecular weight excluding hydrogens is 298 g/mol. The van der Waals surface area contributed by atoms with Gasteiger partial charge in [-0.1, -0.05) is 42.5 Å². The zero-order valence-corrected chi connectivity index (χ0v) is 14.0. The lowest BCUT2D eigenvalue weighted by molar-refractivity contribution is 0.102. The van der Waals surface area contributed by atoms with Crippen molar-refractivity contribution in [1.29, 1.82) is 0 Å². The molecule has 24 heavy (non-hydrogen) atoms. The summed E-state index contributed by atoms with van der Waals surface area (Å²) in [7, 11) is 0. The van der Waals surface area contributed by atoms with Crippen LogP contribution >= 0.6 is 0 Å². The molecule has 3 aromatic rings. The summed E-state index contributed by atoms with van der Waals surface area (Å²) in [6, 6.07) is 15.7. The molecule has 0 radical (unpaired) electrons. The third-order valence-corrected chi connectivity index (χ3v) is 3.90. The van der Waals surface area contributed by atoms with Gasteiger partial charge in [-0.3, -0.25) is 4.79 Å². The van der Waals surface area contributed by atoms with E-state index in [9.17, 15) is 4.79 Å². The molecule has 0 unspecified atom stereocenters. The fourth-order valence-corrected chi connectivity index (χ4v) is 2.48. The van der Waals surface area contributed by atoms with Crippen LogP contribution in [0.3, 0.4) is 0 Å². The molecule has 3 rings (SSSR count). The van der Waals surface area contributed by atoms with E-state index in [0.29, 0.717) is 17.1 Å². The van der Waals surface area contributed by atoms with E-state index in [0.717, 1.165) is 22.4 Å². The topological polar surface area (TPSA) is 54.9 Å². The van der Waals surface area contributed by atoms with E-state index in [4.69, 9.17) is 0 Å². The van der Waals surface area contributed by atoms with Crippen LogP contribution in [0.1, 0.15) is 27.2 Å². The lowest BCUT2D eigenvalue weighted by atomic mass is 10.1. The van der Waals surface area contributed by atoms with Gasteiger partial charge in [-0.2, -0.15) is 0 Å². The first-order valence-electron chi connectivity index (χ1n) is 7.82. The second kappa shape index (κ2) is 6.62. The summed E-state index contributed by atoms with van der Waals surface area (Å²) in [4.78, 5) is 21.4. The number of amides is 1. The lowest BCUT2D eigenvalue weighted by Gasteiger charge is -2.11. The molecule has 0 aliphatic carbocycles. The van der Waals surface area contributed by atoms with E-state index in [1.54, 1.807) is 6.20 Å². The van der Waals surface area contributed by atoms with Gasteiger partial charge in [0.25, 0.3) is 5.91 Å². The van der Waals surface area contributed by atoms with Gasteiger partial charge < -0.3 is 5.32 Å². The Hall–Kier alpha value is -3.01. The maximum absolute atomic E-state index is 12.6. The SMILES string of the molecule is Cc1ccc(C)c(NC(=O)c2cnc(-c3ccccc3)nc2C)c1. The normalized spacial score (nSPS) is 10.5. The number of nitrogens with one attached hydrogen (secondary N) is 1. The van der Waals surface area contributed by atoms with Crippen LogP contribution in [0.25, 0.3) is 11.4 Å². The maximum atomic E-state index is 12.6. The monoisotopic (exact) mass is 317 g/mol. The molecule has 0 aliphatic heterocycles. The highest BCUT2D eigenvalue weighted by atomic mass is 16.1. The summed E-state index contributed by atoms with van der Waals surface area (Å²) in [6.45, 7) is 5.79. The molecule has 4 nitrogen and oxygen atoms in total. The van der Waals surface area contributed by atoms with Crippen molar-refractivity contribution >= 4 is 11.6 Å². The Bertz CT molecular complexity index is 889. The summed E-state index contributed by atoms with van der Waals surface area (Å²) in [5, 5.41) is 2.95. The summed E-state index contributed by atoms with van der Waals surface area (Å²) in [5.74, 6) is 0.428. The van der Waals surface area contributed by atoms with E-state index < -0.39 is 0 Å². The van der Waals surface area contributed by atoms with E-state index in [1.165, 1.54) is 0 Å². The van der Waals surface area contributed by atoms with Crippen LogP contribution in [-0.2, 0) is 0 Å². The van der Waals surface area contributed by atoms with Crippen LogP contribution < -0.4 is 5.32 Å². The molecule has 0 saturated carbocycles. The molecular formula is C20H19N3O. The fourth-order valence-electron chi connectivity index (χ4n) is 2.48. The van der Waals surface area contributed by atoms with Gasteiger partial charge in [0.15, 0.2) is 5.82 Å². The molecule has 0 spiro atoms. The Morgan fingerprint density at radius 1 is 1.00 bits per heavy atom. The number of carbonyl (C=O) groups excluding carboxylic acids is 1. The van der Waals surface area contributed by atoms with E-state index in [1.807, 2.05) is 69.3 Å². The highest BCUT2D eigenvalue weighted by molar-refractivity contribution is 6.05. The second-order valence-electron chi connectivity index (χ2n) is 5.83. The number of benzene rings is 2. The van der Waals surface area contributed by atoms with Crippen LogP contribution in [0.15, 0.2) is 54.7 Å². The first kappa shape index (κ1) is 15.9. The number of hydrogen-bond donors (Lipinski definition) is 1. The molecule has 4 heteroatoms. The number of nitrogens with zero attached hydrogens (tertiary/aromatic N) is 2. The Morgan fingerprint density at radius 2 is 1.75 bits per heavy atom. The molecule has 0 atom stereocenters. The van der Waals surface area contributed by atoms with Crippen LogP contribution in [0.2, 0.25) is 0 Å². The van der Waals surface area contributed by atoms with E-state index in [-0.39, 0.29) is 5.91 Å². The number of aromatic nitrogens is 2. The van der Waals surface area contributed by atoms with Gasteiger partial charge in [-0.25, -0.2) is 9.97 Å². The third-order valence-electron chi connectivity index (χ3n) is 3.90. The summed E-state index contributed by atoms with van der Waals surface area (Å²) in [5.41, 5.74) is 5.01. The van der Waals surface area contributed by atoms with Crippen molar-refractivity contribution in [2.75, 3.05) is 5.32 Å². The first-order chi connectivity index (χ1) is 11.5. The lowest BCUT2D eigenvalue weighted by Crippen LogP contribution is -2.15. The molecule has 0 bridgehead atoms. The number of hydrogen-bond acceptors (Lipinski definition) is 3. The smallest absolute Gasteiger partial charge is 0.259 e. The van der Waals surface area contributed by atoms with Crippen LogP contribution in [0.4, 0.5) is 5.69 Å². The zero-order valence-electron chi connectivity index (χ0n) is 14.0.